The van der Waals surface area contributed by atoms with Crippen LogP contribution in [0.3, 0.4) is 0 Å². The summed E-state index contributed by atoms with van der Waals surface area (Å²) in [5.41, 5.74) is 1.77. The Morgan fingerprint density at radius 2 is 2.00 bits per heavy atom. The number of phenols is 1. The van der Waals surface area contributed by atoms with Gasteiger partial charge in [0.2, 0.25) is 0 Å². The summed E-state index contributed by atoms with van der Waals surface area (Å²) in [7, 11) is 0. The lowest BCUT2D eigenvalue weighted by atomic mass is 10.0. The number of benzene rings is 1. The molecule has 1 atom stereocenters. The molecule has 1 fully saturated rings. The lowest BCUT2D eigenvalue weighted by Gasteiger charge is -2.33. The fourth-order valence-corrected chi connectivity index (χ4v) is 2.63. The Bertz CT molecular complexity index is 403. The lowest BCUT2D eigenvalue weighted by molar-refractivity contribution is 0.183. The summed E-state index contributed by atoms with van der Waals surface area (Å²) in [5, 5.41) is 14.1. The lowest BCUT2D eigenvalue weighted by Crippen LogP contribution is -2.44. The number of hydrogen-bond acceptors (Lipinski definition) is 3. The largest absolute Gasteiger partial charge is 0.507 e. The molecule has 94 valence electrons. The van der Waals surface area contributed by atoms with Gasteiger partial charge < -0.3 is 10.4 Å². The van der Waals surface area contributed by atoms with Crippen molar-refractivity contribution < 1.29 is 5.11 Å². The molecule has 0 aliphatic carbocycles. The maximum Gasteiger partial charge on any atom is 0.123 e. The Hall–Kier alpha value is -0.770. The molecular weight excluding hydrogens is 236 g/mol. The number of nitrogens with zero attached hydrogens (tertiary/aromatic N) is 1. The fraction of sp³-hybridized carbons (Fsp3) is 0.538. The molecule has 4 heteroatoms. The van der Waals surface area contributed by atoms with Crippen molar-refractivity contribution in [2.75, 3.05) is 26.2 Å². The highest BCUT2D eigenvalue weighted by Gasteiger charge is 2.21. The van der Waals surface area contributed by atoms with Gasteiger partial charge in [-0.05, 0) is 31.5 Å². The molecule has 1 aliphatic heterocycles. The van der Waals surface area contributed by atoms with Crippen LogP contribution in [0.1, 0.15) is 24.1 Å². The van der Waals surface area contributed by atoms with Gasteiger partial charge in [-0.3, -0.25) is 4.90 Å². The van der Waals surface area contributed by atoms with Crippen LogP contribution in [0.2, 0.25) is 5.02 Å². The van der Waals surface area contributed by atoms with Crippen LogP contribution < -0.4 is 5.32 Å². The van der Waals surface area contributed by atoms with E-state index < -0.39 is 0 Å². The van der Waals surface area contributed by atoms with Gasteiger partial charge in [0, 0.05) is 42.8 Å². The topological polar surface area (TPSA) is 35.5 Å². The maximum atomic E-state index is 10.1. The molecule has 3 nitrogen and oxygen atoms in total. The number of aryl methyl sites for hydroxylation is 1. The van der Waals surface area contributed by atoms with E-state index in [4.69, 9.17) is 11.6 Å². The monoisotopic (exact) mass is 254 g/mol. The van der Waals surface area contributed by atoms with Crippen molar-refractivity contribution >= 4 is 11.6 Å². The highest BCUT2D eigenvalue weighted by molar-refractivity contribution is 6.30. The van der Waals surface area contributed by atoms with Crippen molar-refractivity contribution in [3.05, 3.63) is 28.3 Å². The number of piperazine rings is 1. The number of nitrogens with one attached hydrogen (secondary N) is 1. The van der Waals surface area contributed by atoms with E-state index in [1.54, 1.807) is 6.07 Å². The normalized spacial score (nSPS) is 19.2. The summed E-state index contributed by atoms with van der Waals surface area (Å²) in [5.74, 6) is 0.375. The Labute approximate surface area is 107 Å². The minimum atomic E-state index is 0.203. The van der Waals surface area contributed by atoms with Gasteiger partial charge in [0.1, 0.15) is 5.75 Å². The molecule has 0 unspecified atom stereocenters. The van der Waals surface area contributed by atoms with Gasteiger partial charge in [0.15, 0.2) is 0 Å². The van der Waals surface area contributed by atoms with Crippen molar-refractivity contribution in [1.29, 1.82) is 0 Å². The first kappa shape index (κ1) is 12.7. The van der Waals surface area contributed by atoms with Crippen molar-refractivity contribution in [2.24, 2.45) is 0 Å². The first-order chi connectivity index (χ1) is 8.09. The van der Waals surface area contributed by atoms with Gasteiger partial charge in [-0.25, -0.2) is 0 Å². The van der Waals surface area contributed by atoms with E-state index in [0.717, 1.165) is 37.3 Å². The molecule has 2 N–H and O–H groups in total. The molecule has 1 saturated heterocycles. The van der Waals surface area contributed by atoms with Gasteiger partial charge in [0.05, 0.1) is 0 Å². The van der Waals surface area contributed by atoms with E-state index in [9.17, 15) is 5.11 Å². The van der Waals surface area contributed by atoms with Crippen molar-refractivity contribution in [3.8, 4) is 5.75 Å². The first-order valence-electron chi connectivity index (χ1n) is 6.03. The highest BCUT2D eigenvalue weighted by atomic mass is 35.5. The summed E-state index contributed by atoms with van der Waals surface area (Å²) in [6, 6.07) is 3.87. The van der Waals surface area contributed by atoms with Crippen LogP contribution in [0, 0.1) is 6.92 Å². The minimum Gasteiger partial charge on any atom is -0.507 e. The standard InChI is InChI=1S/C13H19ClN2O/c1-9-7-11(14)8-12(13(9)17)10(2)16-5-3-15-4-6-16/h7-8,10,15,17H,3-6H2,1-2H3/t10-/m0/s1. The summed E-state index contributed by atoms with van der Waals surface area (Å²) in [6.07, 6.45) is 0. The van der Waals surface area contributed by atoms with Crippen LogP contribution in [-0.2, 0) is 0 Å². The first-order valence-corrected chi connectivity index (χ1v) is 6.41. The molecule has 1 heterocycles. The summed E-state index contributed by atoms with van der Waals surface area (Å²) in [6.45, 7) is 8.03. The SMILES string of the molecule is Cc1cc(Cl)cc([C@H](C)N2CCNCC2)c1O. The zero-order chi connectivity index (χ0) is 12.4. The second-order valence-electron chi connectivity index (χ2n) is 4.62. The van der Waals surface area contributed by atoms with Gasteiger partial charge >= 0.3 is 0 Å². The Kier molecular flexibility index (Phi) is 3.92. The summed E-state index contributed by atoms with van der Waals surface area (Å²) >= 11 is 6.06. The maximum absolute atomic E-state index is 10.1. The van der Waals surface area contributed by atoms with Crippen molar-refractivity contribution in [3.63, 3.8) is 0 Å². The van der Waals surface area contributed by atoms with Gasteiger partial charge in [-0.15, -0.1) is 0 Å². The third kappa shape index (κ3) is 2.73. The predicted molar refractivity (Wildman–Crippen MR) is 70.7 cm³/mol. The average molecular weight is 255 g/mol. The molecule has 17 heavy (non-hydrogen) atoms. The highest BCUT2D eigenvalue weighted by Crippen LogP contribution is 2.33. The minimum absolute atomic E-state index is 0.203. The van der Waals surface area contributed by atoms with E-state index >= 15 is 0 Å². The second-order valence-corrected chi connectivity index (χ2v) is 5.06. The molecule has 0 aromatic heterocycles. The van der Waals surface area contributed by atoms with Crippen LogP contribution in [0.15, 0.2) is 12.1 Å². The number of halogens is 1. The quantitative estimate of drug-likeness (QED) is 0.850. The third-order valence-electron chi connectivity index (χ3n) is 3.44. The number of rotatable bonds is 2. The molecule has 1 aliphatic rings. The zero-order valence-electron chi connectivity index (χ0n) is 10.3. The van der Waals surface area contributed by atoms with E-state index in [2.05, 4.69) is 17.1 Å². The van der Waals surface area contributed by atoms with Crippen LogP contribution in [0.5, 0.6) is 5.75 Å². The number of aromatic hydroxyl groups is 1. The third-order valence-corrected chi connectivity index (χ3v) is 3.66. The smallest absolute Gasteiger partial charge is 0.123 e. The Morgan fingerprint density at radius 3 is 2.65 bits per heavy atom. The second kappa shape index (κ2) is 5.25. The van der Waals surface area contributed by atoms with E-state index in [1.165, 1.54) is 0 Å². The molecule has 0 spiro atoms. The van der Waals surface area contributed by atoms with E-state index in [-0.39, 0.29) is 6.04 Å². The molecule has 1 aromatic carbocycles. The number of hydrogen-bond donors (Lipinski definition) is 2. The van der Waals surface area contributed by atoms with Gasteiger partial charge in [-0.2, -0.15) is 0 Å². The Balaban J connectivity index is 2.26. The molecule has 2 rings (SSSR count). The Morgan fingerprint density at radius 1 is 1.35 bits per heavy atom. The molecule has 0 radical (unpaired) electrons. The van der Waals surface area contributed by atoms with Gasteiger partial charge in [-0.1, -0.05) is 11.6 Å². The van der Waals surface area contributed by atoms with Crippen molar-refractivity contribution in [2.45, 2.75) is 19.9 Å². The molecule has 0 amide bonds. The zero-order valence-corrected chi connectivity index (χ0v) is 11.1. The predicted octanol–water partition coefficient (Wildman–Crippen LogP) is 2.32. The van der Waals surface area contributed by atoms with E-state index in [0.29, 0.717) is 10.8 Å². The fourth-order valence-electron chi connectivity index (χ4n) is 2.35. The molecular formula is C13H19ClN2O. The summed E-state index contributed by atoms with van der Waals surface area (Å²) < 4.78 is 0. The van der Waals surface area contributed by atoms with Crippen LogP contribution in [0.25, 0.3) is 0 Å². The average Bonchev–Trinajstić information content (AvgIpc) is 2.34. The van der Waals surface area contributed by atoms with Crippen LogP contribution in [0.4, 0.5) is 0 Å². The van der Waals surface area contributed by atoms with Crippen LogP contribution in [-0.4, -0.2) is 36.2 Å². The number of phenolic OH excluding ortho intramolecular Hbond substituents is 1. The van der Waals surface area contributed by atoms with E-state index in [1.807, 2.05) is 13.0 Å². The molecule has 0 bridgehead atoms. The summed E-state index contributed by atoms with van der Waals surface area (Å²) in [4.78, 5) is 2.36. The molecule has 1 aromatic rings. The van der Waals surface area contributed by atoms with Gasteiger partial charge in [0.25, 0.3) is 0 Å². The van der Waals surface area contributed by atoms with Crippen LogP contribution >= 0.6 is 11.6 Å². The molecule has 0 saturated carbocycles. The van der Waals surface area contributed by atoms with Crippen molar-refractivity contribution in [1.82, 2.24) is 10.2 Å².